The smallest absolute Gasteiger partial charge is 0.114 e. The molecule has 0 aliphatic carbocycles. The standard InChI is InChI=1S/C13H14BrNOS/c1-8(15)11-4-3-10(7-12(11)14)17-13-5-6-16-9(13)2/h3-8H,15H2,1-2H3/t8-/m1/s1. The molecule has 1 heterocycles. The second-order valence-electron chi connectivity index (χ2n) is 3.92. The minimum Gasteiger partial charge on any atom is -0.468 e. The molecule has 0 aliphatic heterocycles. The monoisotopic (exact) mass is 311 g/mol. The van der Waals surface area contributed by atoms with Crippen molar-refractivity contribution in [2.24, 2.45) is 5.73 Å². The summed E-state index contributed by atoms with van der Waals surface area (Å²) in [5.41, 5.74) is 7.00. The minimum atomic E-state index is 0.0408. The number of benzene rings is 1. The van der Waals surface area contributed by atoms with Gasteiger partial charge < -0.3 is 10.2 Å². The van der Waals surface area contributed by atoms with Crippen LogP contribution in [0.15, 0.2) is 49.2 Å². The zero-order chi connectivity index (χ0) is 12.4. The Morgan fingerprint density at radius 2 is 2.12 bits per heavy atom. The predicted molar refractivity (Wildman–Crippen MR) is 74.3 cm³/mol. The van der Waals surface area contributed by atoms with E-state index >= 15 is 0 Å². The van der Waals surface area contributed by atoms with Gasteiger partial charge in [-0.15, -0.1) is 0 Å². The highest BCUT2D eigenvalue weighted by Crippen LogP contribution is 2.34. The van der Waals surface area contributed by atoms with Gasteiger partial charge in [0.1, 0.15) is 5.76 Å². The van der Waals surface area contributed by atoms with E-state index < -0.39 is 0 Å². The van der Waals surface area contributed by atoms with E-state index in [4.69, 9.17) is 10.2 Å². The molecule has 2 N–H and O–H groups in total. The van der Waals surface area contributed by atoms with Crippen LogP contribution in [-0.4, -0.2) is 0 Å². The first-order chi connectivity index (χ1) is 8.08. The molecule has 0 bridgehead atoms. The number of nitrogens with two attached hydrogens (primary N) is 1. The Hall–Kier alpha value is -0.710. The molecule has 0 aliphatic rings. The van der Waals surface area contributed by atoms with Gasteiger partial charge in [0.25, 0.3) is 0 Å². The largest absolute Gasteiger partial charge is 0.468 e. The first-order valence-corrected chi connectivity index (χ1v) is 6.96. The lowest BCUT2D eigenvalue weighted by Crippen LogP contribution is -2.05. The Balaban J connectivity index is 2.24. The Bertz CT molecular complexity index is 522. The molecule has 0 saturated carbocycles. The molecule has 0 saturated heterocycles. The van der Waals surface area contributed by atoms with Gasteiger partial charge in [0.15, 0.2) is 0 Å². The molecule has 90 valence electrons. The quantitative estimate of drug-likeness (QED) is 0.905. The van der Waals surface area contributed by atoms with Gasteiger partial charge in [0.2, 0.25) is 0 Å². The van der Waals surface area contributed by atoms with Crippen molar-refractivity contribution in [2.75, 3.05) is 0 Å². The van der Waals surface area contributed by atoms with E-state index in [0.29, 0.717) is 0 Å². The van der Waals surface area contributed by atoms with Crippen LogP contribution in [0.4, 0.5) is 0 Å². The summed E-state index contributed by atoms with van der Waals surface area (Å²) in [5.74, 6) is 0.947. The number of aryl methyl sites for hydroxylation is 1. The van der Waals surface area contributed by atoms with E-state index in [1.807, 2.05) is 19.9 Å². The maximum absolute atomic E-state index is 5.87. The fraction of sp³-hybridized carbons (Fsp3) is 0.231. The summed E-state index contributed by atoms with van der Waals surface area (Å²) in [6.45, 7) is 3.95. The summed E-state index contributed by atoms with van der Waals surface area (Å²) in [4.78, 5) is 2.32. The van der Waals surface area contributed by atoms with E-state index in [0.717, 1.165) is 20.7 Å². The van der Waals surface area contributed by atoms with E-state index in [9.17, 15) is 0 Å². The SMILES string of the molecule is Cc1occc1Sc1ccc([C@@H](C)N)c(Br)c1. The molecule has 0 spiro atoms. The maximum atomic E-state index is 5.87. The molecule has 0 radical (unpaired) electrons. The molecule has 1 aromatic heterocycles. The maximum Gasteiger partial charge on any atom is 0.114 e. The third-order valence-corrected chi connectivity index (χ3v) is 4.32. The van der Waals surface area contributed by atoms with Crippen molar-refractivity contribution in [3.8, 4) is 0 Å². The van der Waals surface area contributed by atoms with Crippen molar-refractivity contribution in [2.45, 2.75) is 29.7 Å². The molecule has 0 amide bonds. The summed E-state index contributed by atoms with van der Waals surface area (Å²) in [6, 6.07) is 8.26. The normalized spacial score (nSPS) is 12.7. The number of hydrogen-bond acceptors (Lipinski definition) is 3. The first-order valence-electron chi connectivity index (χ1n) is 5.35. The van der Waals surface area contributed by atoms with Crippen molar-refractivity contribution < 1.29 is 4.42 Å². The van der Waals surface area contributed by atoms with Crippen LogP contribution in [-0.2, 0) is 0 Å². The summed E-state index contributed by atoms with van der Waals surface area (Å²) in [6.07, 6.45) is 1.71. The van der Waals surface area contributed by atoms with Crippen molar-refractivity contribution in [1.82, 2.24) is 0 Å². The topological polar surface area (TPSA) is 39.2 Å². The van der Waals surface area contributed by atoms with E-state index in [2.05, 4.69) is 34.1 Å². The highest BCUT2D eigenvalue weighted by atomic mass is 79.9. The molecular formula is C13H14BrNOS. The highest BCUT2D eigenvalue weighted by molar-refractivity contribution is 9.10. The van der Waals surface area contributed by atoms with Crippen molar-refractivity contribution in [3.63, 3.8) is 0 Å². The molecule has 4 heteroatoms. The van der Waals surface area contributed by atoms with Gasteiger partial charge in [-0.2, -0.15) is 0 Å². The third-order valence-electron chi connectivity index (χ3n) is 2.50. The Kier molecular flexibility index (Phi) is 3.97. The summed E-state index contributed by atoms with van der Waals surface area (Å²) < 4.78 is 6.33. The van der Waals surface area contributed by atoms with Gasteiger partial charge in [-0.3, -0.25) is 0 Å². The van der Waals surface area contributed by atoms with Crippen LogP contribution in [0.3, 0.4) is 0 Å². The van der Waals surface area contributed by atoms with Crippen LogP contribution >= 0.6 is 27.7 Å². The molecule has 1 aromatic carbocycles. The zero-order valence-electron chi connectivity index (χ0n) is 9.74. The van der Waals surface area contributed by atoms with Crippen LogP contribution in [0.5, 0.6) is 0 Å². The van der Waals surface area contributed by atoms with Gasteiger partial charge in [-0.1, -0.05) is 33.8 Å². The Morgan fingerprint density at radius 1 is 1.35 bits per heavy atom. The van der Waals surface area contributed by atoms with Crippen LogP contribution in [0.2, 0.25) is 0 Å². The van der Waals surface area contributed by atoms with Crippen LogP contribution in [0, 0.1) is 6.92 Å². The molecule has 2 nitrogen and oxygen atoms in total. The molecule has 2 rings (SSSR count). The average Bonchev–Trinajstić information content (AvgIpc) is 2.64. The molecule has 2 aromatic rings. The molecule has 0 fully saturated rings. The Labute approximate surface area is 114 Å². The Morgan fingerprint density at radius 3 is 2.65 bits per heavy atom. The van der Waals surface area contributed by atoms with Crippen molar-refractivity contribution in [1.29, 1.82) is 0 Å². The number of halogens is 1. The number of hydrogen-bond donors (Lipinski definition) is 1. The zero-order valence-corrected chi connectivity index (χ0v) is 12.1. The summed E-state index contributed by atoms with van der Waals surface area (Å²) >= 11 is 5.24. The molecular weight excluding hydrogens is 298 g/mol. The third kappa shape index (κ3) is 2.94. The lowest BCUT2D eigenvalue weighted by molar-refractivity contribution is 0.527. The highest BCUT2D eigenvalue weighted by Gasteiger charge is 2.08. The minimum absolute atomic E-state index is 0.0408. The van der Waals surface area contributed by atoms with E-state index in [1.54, 1.807) is 18.0 Å². The molecule has 1 atom stereocenters. The van der Waals surface area contributed by atoms with Gasteiger partial charge in [-0.25, -0.2) is 0 Å². The number of furan rings is 1. The van der Waals surface area contributed by atoms with Gasteiger partial charge in [0.05, 0.1) is 11.2 Å². The van der Waals surface area contributed by atoms with Gasteiger partial charge in [0, 0.05) is 15.4 Å². The lowest BCUT2D eigenvalue weighted by atomic mass is 10.1. The molecule has 17 heavy (non-hydrogen) atoms. The molecule has 0 unspecified atom stereocenters. The first kappa shape index (κ1) is 12.7. The van der Waals surface area contributed by atoms with Gasteiger partial charge >= 0.3 is 0 Å². The van der Waals surface area contributed by atoms with Crippen LogP contribution in [0.25, 0.3) is 0 Å². The van der Waals surface area contributed by atoms with Crippen molar-refractivity contribution >= 4 is 27.7 Å². The van der Waals surface area contributed by atoms with Gasteiger partial charge in [-0.05, 0) is 37.6 Å². The van der Waals surface area contributed by atoms with E-state index in [1.165, 1.54) is 4.90 Å². The second-order valence-corrected chi connectivity index (χ2v) is 5.88. The average molecular weight is 312 g/mol. The number of rotatable bonds is 3. The predicted octanol–water partition coefficient (Wildman–Crippen LogP) is 4.52. The van der Waals surface area contributed by atoms with E-state index in [-0.39, 0.29) is 6.04 Å². The summed E-state index contributed by atoms with van der Waals surface area (Å²) in [5, 5.41) is 0. The van der Waals surface area contributed by atoms with Crippen molar-refractivity contribution in [3.05, 3.63) is 46.3 Å². The second kappa shape index (κ2) is 5.29. The van der Waals surface area contributed by atoms with Crippen LogP contribution < -0.4 is 5.73 Å². The lowest BCUT2D eigenvalue weighted by Gasteiger charge is -2.09. The fourth-order valence-electron chi connectivity index (χ4n) is 1.55. The van der Waals surface area contributed by atoms with Crippen LogP contribution in [0.1, 0.15) is 24.3 Å². The fourth-order valence-corrected chi connectivity index (χ4v) is 3.32. The summed E-state index contributed by atoms with van der Waals surface area (Å²) in [7, 11) is 0.